The summed E-state index contributed by atoms with van der Waals surface area (Å²) in [4.78, 5) is 0. The minimum Gasteiger partial charge on any atom is -0.390 e. The van der Waals surface area contributed by atoms with Crippen LogP contribution < -0.4 is 5.73 Å². The molecule has 3 nitrogen and oxygen atoms in total. The molecule has 56 valence electrons. The molecule has 0 aromatic carbocycles. The van der Waals surface area contributed by atoms with E-state index in [4.69, 9.17) is 15.9 Å². The molecule has 3 heteroatoms. The third kappa shape index (κ3) is 3.46. The SMILES string of the molecule is CC(C)(O)[C@@H](O)CCN. The molecule has 1 atom stereocenters. The van der Waals surface area contributed by atoms with Crippen LogP contribution in [0.25, 0.3) is 0 Å². The second-order valence-corrected chi connectivity index (χ2v) is 2.75. The van der Waals surface area contributed by atoms with Gasteiger partial charge < -0.3 is 15.9 Å². The quantitative estimate of drug-likeness (QED) is 0.484. The van der Waals surface area contributed by atoms with Gasteiger partial charge >= 0.3 is 0 Å². The molecule has 0 aliphatic carbocycles. The Hall–Kier alpha value is -0.120. The van der Waals surface area contributed by atoms with E-state index >= 15 is 0 Å². The third-order valence-corrected chi connectivity index (χ3v) is 1.26. The molecule has 4 N–H and O–H groups in total. The van der Waals surface area contributed by atoms with E-state index in [0.29, 0.717) is 13.0 Å². The lowest BCUT2D eigenvalue weighted by molar-refractivity contribution is -0.0499. The first-order chi connectivity index (χ1) is 3.98. The Kier molecular flexibility index (Phi) is 3.11. The van der Waals surface area contributed by atoms with Gasteiger partial charge in [-0.2, -0.15) is 0 Å². The molecule has 0 aliphatic rings. The van der Waals surface area contributed by atoms with E-state index in [1.165, 1.54) is 0 Å². The van der Waals surface area contributed by atoms with Gasteiger partial charge in [-0.05, 0) is 26.8 Å². The Labute approximate surface area is 55.5 Å². The van der Waals surface area contributed by atoms with E-state index in [-0.39, 0.29) is 0 Å². The van der Waals surface area contributed by atoms with Crippen LogP contribution in [0, 0.1) is 0 Å². The molecule has 0 spiro atoms. The average Bonchev–Trinajstić information content (AvgIpc) is 1.64. The van der Waals surface area contributed by atoms with Crippen LogP contribution in [-0.4, -0.2) is 28.5 Å². The van der Waals surface area contributed by atoms with Crippen LogP contribution in [0.3, 0.4) is 0 Å². The summed E-state index contributed by atoms with van der Waals surface area (Å²) in [6.07, 6.45) is -0.258. The van der Waals surface area contributed by atoms with Crippen molar-refractivity contribution < 1.29 is 10.2 Å². The summed E-state index contributed by atoms with van der Waals surface area (Å²) in [5, 5.41) is 18.2. The van der Waals surface area contributed by atoms with Gasteiger partial charge in [0.05, 0.1) is 11.7 Å². The molecule has 0 rings (SSSR count). The van der Waals surface area contributed by atoms with Crippen LogP contribution in [0.15, 0.2) is 0 Å². The van der Waals surface area contributed by atoms with Gasteiger partial charge in [-0.1, -0.05) is 0 Å². The molecule has 0 unspecified atom stereocenters. The van der Waals surface area contributed by atoms with Crippen LogP contribution in [0.1, 0.15) is 20.3 Å². The number of aliphatic hydroxyl groups is 2. The number of hydrogen-bond acceptors (Lipinski definition) is 3. The Balaban J connectivity index is 3.59. The molecule has 9 heavy (non-hydrogen) atoms. The molecule has 0 heterocycles. The maximum Gasteiger partial charge on any atom is 0.0850 e. The van der Waals surface area contributed by atoms with Crippen molar-refractivity contribution in [2.24, 2.45) is 5.73 Å². The van der Waals surface area contributed by atoms with Gasteiger partial charge in [0.2, 0.25) is 0 Å². The smallest absolute Gasteiger partial charge is 0.0850 e. The minimum absolute atomic E-state index is 0.408. The highest BCUT2D eigenvalue weighted by Crippen LogP contribution is 2.09. The molecule has 0 aliphatic heterocycles. The molecule has 0 aromatic heterocycles. The fourth-order valence-electron chi connectivity index (χ4n) is 0.511. The summed E-state index contributed by atoms with van der Waals surface area (Å²) in [6, 6.07) is 0. The number of rotatable bonds is 3. The predicted molar refractivity (Wildman–Crippen MR) is 36.0 cm³/mol. The van der Waals surface area contributed by atoms with E-state index in [1.54, 1.807) is 13.8 Å². The molecule has 0 radical (unpaired) electrons. The fraction of sp³-hybridized carbons (Fsp3) is 1.00. The second-order valence-electron chi connectivity index (χ2n) is 2.75. The zero-order valence-corrected chi connectivity index (χ0v) is 5.96. The lowest BCUT2D eigenvalue weighted by Gasteiger charge is -2.23. The summed E-state index contributed by atoms with van der Waals surface area (Å²) < 4.78 is 0. The Morgan fingerprint density at radius 1 is 1.56 bits per heavy atom. The lowest BCUT2D eigenvalue weighted by Crippen LogP contribution is -2.37. The van der Waals surface area contributed by atoms with Crippen molar-refractivity contribution in [3.05, 3.63) is 0 Å². The van der Waals surface area contributed by atoms with E-state index in [2.05, 4.69) is 0 Å². The highest BCUT2D eigenvalue weighted by atomic mass is 16.3. The summed E-state index contributed by atoms with van der Waals surface area (Å²) in [5.74, 6) is 0. The number of hydrogen-bond donors (Lipinski definition) is 3. The zero-order chi connectivity index (χ0) is 7.49. The van der Waals surface area contributed by atoms with Gasteiger partial charge in [-0.15, -0.1) is 0 Å². The van der Waals surface area contributed by atoms with Gasteiger partial charge in [0.25, 0.3) is 0 Å². The normalized spacial score (nSPS) is 15.7. The first-order valence-electron chi connectivity index (χ1n) is 3.09. The maximum atomic E-state index is 9.11. The first-order valence-corrected chi connectivity index (χ1v) is 3.09. The van der Waals surface area contributed by atoms with Crippen LogP contribution in [0.2, 0.25) is 0 Å². The Morgan fingerprint density at radius 3 is 2.11 bits per heavy atom. The molecule has 0 aromatic rings. The van der Waals surface area contributed by atoms with Gasteiger partial charge in [0, 0.05) is 0 Å². The molecular weight excluding hydrogens is 118 g/mol. The Morgan fingerprint density at radius 2 is 2.00 bits per heavy atom. The monoisotopic (exact) mass is 133 g/mol. The largest absolute Gasteiger partial charge is 0.390 e. The van der Waals surface area contributed by atoms with Gasteiger partial charge in [0.15, 0.2) is 0 Å². The van der Waals surface area contributed by atoms with Crippen LogP contribution in [-0.2, 0) is 0 Å². The Bertz CT molecular complexity index is 77.6. The number of aliphatic hydroxyl groups excluding tert-OH is 1. The summed E-state index contributed by atoms with van der Waals surface area (Å²) in [6.45, 7) is 3.53. The van der Waals surface area contributed by atoms with E-state index in [1.807, 2.05) is 0 Å². The fourth-order valence-corrected chi connectivity index (χ4v) is 0.511. The minimum atomic E-state index is -1.01. The van der Waals surface area contributed by atoms with Gasteiger partial charge in [-0.3, -0.25) is 0 Å². The van der Waals surface area contributed by atoms with Crippen molar-refractivity contribution >= 4 is 0 Å². The standard InChI is InChI=1S/C6H15NO2/c1-6(2,9)5(8)3-4-7/h5,8-9H,3-4,7H2,1-2H3/t5-/m0/s1. The van der Waals surface area contributed by atoms with Crippen molar-refractivity contribution in [1.82, 2.24) is 0 Å². The topological polar surface area (TPSA) is 66.5 Å². The highest BCUT2D eigenvalue weighted by Gasteiger charge is 2.22. The van der Waals surface area contributed by atoms with Crippen molar-refractivity contribution in [2.75, 3.05) is 6.54 Å². The van der Waals surface area contributed by atoms with Crippen LogP contribution in [0.5, 0.6) is 0 Å². The second kappa shape index (κ2) is 3.15. The van der Waals surface area contributed by atoms with E-state index in [9.17, 15) is 0 Å². The van der Waals surface area contributed by atoms with Crippen LogP contribution in [0.4, 0.5) is 0 Å². The summed E-state index contributed by atoms with van der Waals surface area (Å²) in [7, 11) is 0. The predicted octanol–water partition coefficient (Wildman–Crippen LogP) is -0.533. The molecule has 0 amide bonds. The summed E-state index contributed by atoms with van der Waals surface area (Å²) >= 11 is 0. The first kappa shape index (κ1) is 8.88. The zero-order valence-electron chi connectivity index (χ0n) is 5.96. The number of nitrogens with two attached hydrogens (primary N) is 1. The van der Waals surface area contributed by atoms with E-state index in [0.717, 1.165) is 0 Å². The van der Waals surface area contributed by atoms with Crippen LogP contribution >= 0.6 is 0 Å². The van der Waals surface area contributed by atoms with Gasteiger partial charge in [-0.25, -0.2) is 0 Å². The third-order valence-electron chi connectivity index (χ3n) is 1.26. The van der Waals surface area contributed by atoms with Crippen molar-refractivity contribution in [2.45, 2.75) is 32.0 Å². The van der Waals surface area contributed by atoms with Gasteiger partial charge in [0.1, 0.15) is 0 Å². The van der Waals surface area contributed by atoms with E-state index < -0.39 is 11.7 Å². The lowest BCUT2D eigenvalue weighted by atomic mass is 9.99. The average molecular weight is 133 g/mol. The van der Waals surface area contributed by atoms with Crippen molar-refractivity contribution in [3.8, 4) is 0 Å². The summed E-state index contributed by atoms with van der Waals surface area (Å²) in [5.41, 5.74) is 4.14. The molecule has 0 fully saturated rings. The van der Waals surface area contributed by atoms with Crippen molar-refractivity contribution in [3.63, 3.8) is 0 Å². The molecule has 0 saturated heterocycles. The molecular formula is C6H15NO2. The molecule has 0 bridgehead atoms. The molecule has 0 saturated carbocycles. The maximum absolute atomic E-state index is 9.11. The highest BCUT2D eigenvalue weighted by molar-refractivity contribution is 4.75. The van der Waals surface area contributed by atoms with Crippen molar-refractivity contribution in [1.29, 1.82) is 0 Å².